The number of hydrogen-bond acceptors (Lipinski definition) is 7. The van der Waals surface area contributed by atoms with Crippen LogP contribution in [-0.4, -0.2) is 78.2 Å². The van der Waals surface area contributed by atoms with Gasteiger partial charge in [0.1, 0.15) is 0 Å². The van der Waals surface area contributed by atoms with Crippen LogP contribution >= 0.6 is 31.3 Å². The summed E-state index contributed by atoms with van der Waals surface area (Å²) in [6.45, 7) is 0. The minimum absolute atomic E-state index is 0. The molecular formula is H8BaO13P4. The number of rotatable bonds is 6. The molecule has 0 saturated carbocycles. The van der Waals surface area contributed by atoms with Gasteiger partial charge >= 0.3 is 80.2 Å². The maximum absolute atomic E-state index is 10.7. The average molecular weight is 477 g/mol. The molecule has 0 aromatic rings. The summed E-state index contributed by atoms with van der Waals surface area (Å²) in [5.74, 6) is 0. The Labute approximate surface area is 139 Å². The van der Waals surface area contributed by atoms with Crippen LogP contribution in [0.4, 0.5) is 0 Å². The van der Waals surface area contributed by atoms with E-state index in [2.05, 4.69) is 12.9 Å². The van der Waals surface area contributed by atoms with Crippen LogP contribution < -0.4 is 0 Å². The molecule has 0 saturated heterocycles. The Kier molecular flexibility index (Phi) is 9.23. The van der Waals surface area contributed by atoms with Gasteiger partial charge in [-0.25, -0.2) is 18.3 Å². The first-order valence-corrected chi connectivity index (χ1v) is 9.08. The van der Waals surface area contributed by atoms with Gasteiger partial charge in [-0.15, -0.1) is 0 Å². The molecule has 0 rings (SSSR count). The molecule has 0 heterocycles. The molecule has 0 aromatic carbocycles. The van der Waals surface area contributed by atoms with E-state index in [1.807, 2.05) is 0 Å². The molecule has 0 aliphatic rings. The monoisotopic (exact) mass is 478 g/mol. The van der Waals surface area contributed by atoms with Crippen LogP contribution in [-0.2, 0) is 31.2 Å². The summed E-state index contributed by atoms with van der Waals surface area (Å²) < 4.78 is 50.9. The van der Waals surface area contributed by atoms with Gasteiger partial charge in [-0.1, -0.05) is 0 Å². The van der Waals surface area contributed by atoms with Crippen molar-refractivity contribution in [2.24, 2.45) is 0 Å². The molecule has 0 amide bonds. The van der Waals surface area contributed by atoms with Gasteiger partial charge in [0.05, 0.1) is 0 Å². The summed E-state index contributed by atoms with van der Waals surface area (Å²) >= 11 is 0. The van der Waals surface area contributed by atoms with Crippen molar-refractivity contribution in [3.63, 3.8) is 0 Å². The molecule has 0 aromatic heterocycles. The van der Waals surface area contributed by atoms with Crippen molar-refractivity contribution >= 4 is 80.2 Å². The van der Waals surface area contributed by atoms with Crippen LogP contribution in [0.1, 0.15) is 0 Å². The SMILES string of the molecule is O=P(O)(O)OP(=O)(O)OP(=O)(O)OP(=O)(O)O.[BaH2]. The number of hydrogen-bond donors (Lipinski definition) is 6. The summed E-state index contributed by atoms with van der Waals surface area (Å²) in [7, 11) is -22.6. The fraction of sp³-hybridized carbons (Fsp3) is 0. The molecule has 18 heavy (non-hydrogen) atoms. The van der Waals surface area contributed by atoms with Crippen molar-refractivity contribution in [2.75, 3.05) is 0 Å². The quantitative estimate of drug-likeness (QED) is 0.190. The first-order valence-electron chi connectivity index (χ1n) is 3.03. The third-order valence-electron chi connectivity index (χ3n) is 0.625. The van der Waals surface area contributed by atoms with E-state index in [0.717, 1.165) is 0 Å². The number of phosphoric acid groups is 4. The van der Waals surface area contributed by atoms with E-state index in [1.54, 1.807) is 0 Å². The molecule has 13 nitrogen and oxygen atoms in total. The van der Waals surface area contributed by atoms with E-state index >= 15 is 0 Å². The van der Waals surface area contributed by atoms with Gasteiger partial charge < -0.3 is 29.4 Å². The summed E-state index contributed by atoms with van der Waals surface area (Å²) in [5.41, 5.74) is 0. The summed E-state index contributed by atoms with van der Waals surface area (Å²) in [4.78, 5) is 49.4. The Morgan fingerprint density at radius 3 is 0.944 bits per heavy atom. The Morgan fingerprint density at radius 2 is 0.778 bits per heavy atom. The summed E-state index contributed by atoms with van der Waals surface area (Å²) in [6.07, 6.45) is 0. The average Bonchev–Trinajstić information content (AvgIpc) is 1.65. The van der Waals surface area contributed by atoms with Gasteiger partial charge in [-0.3, -0.25) is 0 Å². The van der Waals surface area contributed by atoms with Crippen LogP contribution in [0, 0.1) is 0 Å². The van der Waals surface area contributed by atoms with Crippen LogP contribution in [0.2, 0.25) is 0 Å². The predicted molar refractivity (Wildman–Crippen MR) is 55.5 cm³/mol. The van der Waals surface area contributed by atoms with E-state index in [1.165, 1.54) is 0 Å². The van der Waals surface area contributed by atoms with Gasteiger partial charge in [0.25, 0.3) is 0 Å². The fourth-order valence-electron chi connectivity index (χ4n) is 0.429. The van der Waals surface area contributed by atoms with Gasteiger partial charge in [-0.05, 0) is 0 Å². The molecule has 0 bridgehead atoms. The normalized spacial score (nSPS) is 19.4. The molecule has 6 N–H and O–H groups in total. The molecular weight excluding hydrogens is 469 g/mol. The second-order valence-corrected chi connectivity index (χ2v) is 7.96. The standard InChI is InChI=1S/Ba.H6O13P4.2H/c;1-14(2,3)11-16(7,8)13-17(9,10)12-15(4,5)6;;/h;(H,7,8)(H,9,10)(H2,1,2,3)(H2,4,5,6);;. The molecule has 2 atom stereocenters. The topological polar surface area (TPSA) is 217 Å². The van der Waals surface area contributed by atoms with Gasteiger partial charge in [0, 0.05) is 0 Å². The van der Waals surface area contributed by atoms with E-state index in [9.17, 15) is 18.3 Å². The first kappa shape index (κ1) is 22.4. The van der Waals surface area contributed by atoms with Crippen LogP contribution in [0.3, 0.4) is 0 Å². The molecule has 108 valence electrons. The first-order chi connectivity index (χ1) is 7.12. The maximum atomic E-state index is 10.7. The zero-order valence-corrected chi connectivity index (χ0v) is 10.9. The minimum atomic E-state index is -5.77. The second kappa shape index (κ2) is 7.41. The molecule has 0 aliphatic heterocycles. The Bertz CT molecular complexity index is 408. The van der Waals surface area contributed by atoms with Crippen LogP contribution in [0.25, 0.3) is 0 Å². The fourth-order valence-corrected chi connectivity index (χ4v) is 4.40. The van der Waals surface area contributed by atoms with E-state index in [4.69, 9.17) is 29.4 Å². The van der Waals surface area contributed by atoms with Crippen molar-refractivity contribution in [2.45, 2.75) is 0 Å². The molecule has 0 radical (unpaired) electrons. The third-order valence-corrected chi connectivity index (χ3v) is 5.63. The molecule has 0 spiro atoms. The van der Waals surface area contributed by atoms with Crippen LogP contribution in [0.5, 0.6) is 0 Å². The van der Waals surface area contributed by atoms with Crippen molar-refractivity contribution in [3.05, 3.63) is 0 Å². The van der Waals surface area contributed by atoms with E-state index in [-0.39, 0.29) is 48.9 Å². The van der Waals surface area contributed by atoms with Crippen molar-refractivity contribution in [3.8, 4) is 0 Å². The van der Waals surface area contributed by atoms with Gasteiger partial charge in [0.2, 0.25) is 0 Å². The summed E-state index contributed by atoms with van der Waals surface area (Å²) in [5, 5.41) is 0. The molecule has 18 heteroatoms. The van der Waals surface area contributed by atoms with Gasteiger partial charge in [0.15, 0.2) is 0 Å². The van der Waals surface area contributed by atoms with E-state index < -0.39 is 31.3 Å². The zero-order valence-electron chi connectivity index (χ0n) is 7.33. The third kappa shape index (κ3) is 13.1. The molecule has 0 fully saturated rings. The zero-order chi connectivity index (χ0) is 14.1. The second-order valence-electron chi connectivity index (χ2n) is 2.16. The van der Waals surface area contributed by atoms with Crippen molar-refractivity contribution < 1.29 is 60.6 Å². The van der Waals surface area contributed by atoms with Crippen LogP contribution in [0.15, 0.2) is 0 Å². The van der Waals surface area contributed by atoms with Gasteiger partial charge in [-0.2, -0.15) is 12.9 Å². The Balaban J connectivity index is 0. The Hall–Kier alpha value is 2.13. The predicted octanol–water partition coefficient (Wildman–Crippen LogP) is -1.49. The molecule has 2 unspecified atom stereocenters. The van der Waals surface area contributed by atoms with E-state index in [0.29, 0.717) is 0 Å². The molecule has 0 aliphatic carbocycles. The van der Waals surface area contributed by atoms with Crippen molar-refractivity contribution in [1.82, 2.24) is 0 Å². The Morgan fingerprint density at radius 1 is 0.556 bits per heavy atom. The van der Waals surface area contributed by atoms with Crippen molar-refractivity contribution in [1.29, 1.82) is 0 Å². The summed E-state index contributed by atoms with van der Waals surface area (Å²) in [6, 6.07) is 0.